The Kier molecular flexibility index (Phi) is 3.28. The van der Waals surface area contributed by atoms with Gasteiger partial charge in [-0.15, -0.1) is 0 Å². The zero-order chi connectivity index (χ0) is 14.9. The van der Waals surface area contributed by atoms with E-state index in [2.05, 4.69) is 75.6 Å². The van der Waals surface area contributed by atoms with Gasteiger partial charge in [-0.3, -0.25) is 0 Å². The second kappa shape index (κ2) is 5.43. The van der Waals surface area contributed by atoms with E-state index in [1.165, 1.54) is 10.8 Å². The third-order valence-corrected chi connectivity index (χ3v) is 4.35. The Balaban J connectivity index is 2.01. The molecule has 0 unspecified atom stereocenters. The van der Waals surface area contributed by atoms with E-state index in [0.717, 1.165) is 21.4 Å². The van der Waals surface area contributed by atoms with E-state index in [9.17, 15) is 0 Å². The van der Waals surface area contributed by atoms with E-state index >= 15 is 0 Å². The van der Waals surface area contributed by atoms with Crippen LogP contribution in [0.4, 0.5) is 0 Å². The molecule has 0 fully saturated rings. The maximum absolute atomic E-state index is 4.58. The van der Waals surface area contributed by atoms with Gasteiger partial charge in [0.25, 0.3) is 0 Å². The Morgan fingerprint density at radius 1 is 0.773 bits per heavy atom. The van der Waals surface area contributed by atoms with Gasteiger partial charge in [0.15, 0.2) is 0 Å². The molecule has 1 aromatic heterocycles. The number of halogens is 1. The minimum Gasteiger partial charge on any atom is -0.231 e. The van der Waals surface area contributed by atoms with E-state index < -0.39 is 0 Å². The summed E-state index contributed by atoms with van der Waals surface area (Å²) in [5.74, 6) is 0. The first kappa shape index (κ1) is 13.3. The normalized spacial score (nSPS) is 11.0. The zero-order valence-electron chi connectivity index (χ0n) is 11.8. The summed E-state index contributed by atoms with van der Waals surface area (Å²) in [5.41, 5.74) is 3.29. The van der Waals surface area contributed by atoms with E-state index in [4.69, 9.17) is 0 Å². The van der Waals surface area contributed by atoms with Crippen molar-refractivity contribution >= 4 is 26.7 Å². The quantitative estimate of drug-likeness (QED) is 0.470. The van der Waals surface area contributed by atoms with Crippen LogP contribution >= 0.6 is 15.9 Å². The predicted molar refractivity (Wildman–Crippen MR) is 94.2 cm³/mol. The first-order chi connectivity index (χ1) is 10.8. The van der Waals surface area contributed by atoms with E-state index in [1.54, 1.807) is 0 Å². The molecule has 0 spiro atoms. The number of benzene rings is 3. The van der Waals surface area contributed by atoms with Crippen LogP contribution in [-0.4, -0.2) is 9.78 Å². The third-order valence-electron chi connectivity index (χ3n) is 3.77. The van der Waals surface area contributed by atoms with Crippen molar-refractivity contribution in [3.63, 3.8) is 0 Å². The number of hydrogen-bond acceptors (Lipinski definition) is 1. The number of rotatable bonds is 2. The number of fused-ring (bicyclic) bond motifs is 1. The lowest BCUT2D eigenvalue weighted by Crippen LogP contribution is -2.00. The molecule has 0 radical (unpaired) electrons. The molecule has 106 valence electrons. The van der Waals surface area contributed by atoms with Crippen molar-refractivity contribution in [2.75, 3.05) is 0 Å². The highest BCUT2D eigenvalue weighted by atomic mass is 79.9. The van der Waals surface area contributed by atoms with Crippen LogP contribution in [0.3, 0.4) is 0 Å². The van der Waals surface area contributed by atoms with Gasteiger partial charge in [0, 0.05) is 10.9 Å². The summed E-state index contributed by atoms with van der Waals surface area (Å²) in [6.07, 6.45) is 1.85. The van der Waals surface area contributed by atoms with Crippen molar-refractivity contribution in [2.24, 2.45) is 0 Å². The van der Waals surface area contributed by atoms with E-state index in [0.29, 0.717) is 0 Å². The summed E-state index contributed by atoms with van der Waals surface area (Å²) in [4.78, 5) is 0. The van der Waals surface area contributed by atoms with Crippen LogP contribution in [0.5, 0.6) is 0 Å². The van der Waals surface area contributed by atoms with E-state index in [-0.39, 0.29) is 0 Å². The van der Waals surface area contributed by atoms with Gasteiger partial charge in [0.2, 0.25) is 0 Å². The largest absolute Gasteiger partial charge is 0.231 e. The van der Waals surface area contributed by atoms with Crippen molar-refractivity contribution in [3.8, 4) is 16.9 Å². The SMILES string of the molecule is Brc1cnn(-c2cccc3ccccc23)c1-c1ccccc1. The molecule has 4 aromatic rings. The van der Waals surface area contributed by atoms with Gasteiger partial charge in [-0.2, -0.15) is 5.10 Å². The first-order valence-electron chi connectivity index (χ1n) is 7.12. The summed E-state index contributed by atoms with van der Waals surface area (Å²) in [6.45, 7) is 0. The molecule has 0 saturated carbocycles. The average molecular weight is 349 g/mol. The molecule has 0 amide bonds. The highest BCUT2D eigenvalue weighted by Crippen LogP contribution is 2.32. The average Bonchev–Trinajstić information content (AvgIpc) is 2.96. The van der Waals surface area contributed by atoms with Crippen LogP contribution in [0.2, 0.25) is 0 Å². The second-order valence-corrected chi connectivity index (χ2v) is 5.97. The molecular weight excluding hydrogens is 336 g/mol. The van der Waals surface area contributed by atoms with Crippen LogP contribution in [0.1, 0.15) is 0 Å². The Bertz CT molecular complexity index is 937. The molecule has 3 heteroatoms. The topological polar surface area (TPSA) is 17.8 Å². The van der Waals surface area contributed by atoms with E-state index in [1.807, 2.05) is 29.1 Å². The molecule has 1 heterocycles. The summed E-state index contributed by atoms with van der Waals surface area (Å²) < 4.78 is 2.99. The highest BCUT2D eigenvalue weighted by molar-refractivity contribution is 9.10. The lowest BCUT2D eigenvalue weighted by molar-refractivity contribution is 0.895. The molecule has 2 nitrogen and oxygen atoms in total. The highest BCUT2D eigenvalue weighted by Gasteiger charge is 2.14. The van der Waals surface area contributed by atoms with Crippen molar-refractivity contribution in [2.45, 2.75) is 0 Å². The Hall–Kier alpha value is -2.39. The minimum absolute atomic E-state index is 0.992. The zero-order valence-corrected chi connectivity index (χ0v) is 13.4. The van der Waals surface area contributed by atoms with Crippen LogP contribution in [0, 0.1) is 0 Å². The molecule has 0 aliphatic rings. The van der Waals surface area contributed by atoms with Crippen LogP contribution in [0.15, 0.2) is 83.5 Å². The standard InChI is InChI=1S/C19H13BrN2/c20-17-13-21-22(19(17)15-8-2-1-3-9-15)18-12-6-10-14-7-4-5-11-16(14)18/h1-13H. The van der Waals surface area contributed by atoms with Crippen molar-refractivity contribution < 1.29 is 0 Å². The van der Waals surface area contributed by atoms with Crippen molar-refractivity contribution in [1.82, 2.24) is 9.78 Å². The fourth-order valence-corrected chi connectivity index (χ4v) is 3.25. The molecule has 0 atom stereocenters. The summed E-state index contributed by atoms with van der Waals surface area (Å²) in [7, 11) is 0. The summed E-state index contributed by atoms with van der Waals surface area (Å²) >= 11 is 3.63. The van der Waals surface area contributed by atoms with Gasteiger partial charge >= 0.3 is 0 Å². The van der Waals surface area contributed by atoms with Crippen LogP contribution in [0.25, 0.3) is 27.7 Å². The molecule has 3 aromatic carbocycles. The van der Waals surface area contributed by atoms with Gasteiger partial charge < -0.3 is 0 Å². The Labute approximate surface area is 137 Å². The summed E-state index contributed by atoms with van der Waals surface area (Å²) in [5, 5.41) is 6.99. The molecule has 4 rings (SSSR count). The van der Waals surface area contributed by atoms with Crippen LogP contribution in [-0.2, 0) is 0 Å². The molecular formula is C19H13BrN2. The van der Waals surface area contributed by atoms with Gasteiger partial charge in [0.1, 0.15) is 0 Å². The minimum atomic E-state index is 0.992. The van der Waals surface area contributed by atoms with Gasteiger partial charge in [0.05, 0.1) is 22.1 Å². The van der Waals surface area contributed by atoms with Crippen molar-refractivity contribution in [1.29, 1.82) is 0 Å². The number of hydrogen-bond donors (Lipinski definition) is 0. The maximum atomic E-state index is 4.58. The lowest BCUT2D eigenvalue weighted by atomic mass is 10.1. The molecule has 0 aliphatic heterocycles. The van der Waals surface area contributed by atoms with Gasteiger partial charge in [-0.1, -0.05) is 66.7 Å². The fraction of sp³-hybridized carbons (Fsp3) is 0. The molecule has 0 aliphatic carbocycles. The molecule has 0 saturated heterocycles. The molecule has 0 N–H and O–H groups in total. The predicted octanol–water partition coefficient (Wildman–Crippen LogP) is 5.46. The summed E-state index contributed by atoms with van der Waals surface area (Å²) in [6, 6.07) is 25.0. The number of nitrogens with zero attached hydrogens (tertiary/aromatic N) is 2. The monoisotopic (exact) mass is 348 g/mol. The Morgan fingerprint density at radius 2 is 1.50 bits per heavy atom. The van der Waals surface area contributed by atoms with Crippen LogP contribution < -0.4 is 0 Å². The number of aromatic nitrogens is 2. The second-order valence-electron chi connectivity index (χ2n) is 5.12. The van der Waals surface area contributed by atoms with Crippen molar-refractivity contribution in [3.05, 3.63) is 83.5 Å². The molecule has 22 heavy (non-hydrogen) atoms. The fourth-order valence-electron chi connectivity index (χ4n) is 2.76. The first-order valence-corrected chi connectivity index (χ1v) is 7.91. The van der Waals surface area contributed by atoms with Gasteiger partial charge in [-0.25, -0.2) is 4.68 Å². The third kappa shape index (κ3) is 2.14. The smallest absolute Gasteiger partial charge is 0.0883 e. The molecule has 0 bridgehead atoms. The lowest BCUT2D eigenvalue weighted by Gasteiger charge is -2.11. The Morgan fingerprint density at radius 3 is 2.36 bits per heavy atom. The maximum Gasteiger partial charge on any atom is 0.0883 e. The van der Waals surface area contributed by atoms with Gasteiger partial charge in [-0.05, 0) is 27.4 Å².